The Kier molecular flexibility index (Phi) is 6.89. The molecule has 4 heteroatoms. The van der Waals surface area contributed by atoms with E-state index in [2.05, 4.69) is 12.3 Å². The van der Waals surface area contributed by atoms with Crippen molar-refractivity contribution in [2.24, 2.45) is 0 Å². The van der Waals surface area contributed by atoms with Gasteiger partial charge in [0.25, 0.3) is 0 Å². The third kappa shape index (κ3) is 3.95. The van der Waals surface area contributed by atoms with Crippen LogP contribution < -0.4 is 0 Å². The quantitative estimate of drug-likeness (QED) is 0.370. The van der Waals surface area contributed by atoms with Gasteiger partial charge in [0, 0.05) is 0 Å². The third-order valence-corrected chi connectivity index (χ3v) is 45.3. The Bertz CT molecular complexity index is 249. The standard InChI is InChI=1S/C12H23PS2.CH3.Hg/c14-13(15,11-7-3-1-4-8-11)12-9-5-2-6-10-12;;/h11-12H,1-10H2,(H,14,15);1H3;/q;;+1/p-1. The summed E-state index contributed by atoms with van der Waals surface area (Å²) in [7, 11) is 2.44. The molecule has 0 unspecified atom stereocenters. The topological polar surface area (TPSA) is 0 Å². The predicted octanol–water partition coefficient (Wildman–Crippen LogP) is 5.83. The summed E-state index contributed by atoms with van der Waals surface area (Å²) in [5.41, 5.74) is 2.00. The van der Waals surface area contributed by atoms with Gasteiger partial charge in [0.1, 0.15) is 0 Å². The minimum absolute atomic E-state index is 0.622. The molecule has 0 aliphatic heterocycles. The van der Waals surface area contributed by atoms with Crippen molar-refractivity contribution in [1.82, 2.24) is 0 Å². The maximum atomic E-state index is 6.37. The molecule has 2 rings (SSSR count). The van der Waals surface area contributed by atoms with E-state index in [0.29, 0.717) is 0 Å². The molecular weight excluding hydrogens is 452 g/mol. The second-order valence-corrected chi connectivity index (χ2v) is 30.1. The van der Waals surface area contributed by atoms with Crippen LogP contribution in [0.2, 0.25) is 4.43 Å². The average molecular weight is 477 g/mol. The first kappa shape index (κ1) is 15.3. The Hall–Kier alpha value is 1.94. The molecule has 0 saturated heterocycles. The normalized spacial score (nSPS) is 24.5. The van der Waals surface area contributed by atoms with E-state index in [0.717, 1.165) is 11.3 Å². The van der Waals surface area contributed by atoms with Crippen LogP contribution >= 0.6 is 13.1 Å². The zero-order chi connectivity index (χ0) is 12.1. The van der Waals surface area contributed by atoms with Crippen LogP contribution in [0, 0.1) is 0 Å². The van der Waals surface area contributed by atoms with Crippen molar-refractivity contribution < 1.29 is 23.1 Å². The fourth-order valence-corrected chi connectivity index (χ4v) is 49.4. The van der Waals surface area contributed by atoms with Crippen molar-refractivity contribution >= 4 is 24.9 Å². The predicted molar refractivity (Wildman–Crippen MR) is 81.5 cm³/mol. The van der Waals surface area contributed by atoms with Gasteiger partial charge in [-0.1, -0.05) is 0 Å². The Morgan fingerprint density at radius 3 is 1.65 bits per heavy atom. The summed E-state index contributed by atoms with van der Waals surface area (Å²) in [5, 5.41) is -1.02. The van der Waals surface area contributed by atoms with Crippen molar-refractivity contribution in [1.29, 1.82) is 0 Å². The number of hydrogen-bond donors (Lipinski definition) is 0. The Balaban J connectivity index is 2.08. The monoisotopic (exact) mass is 478 g/mol. The first-order valence-corrected chi connectivity index (χ1v) is 24.3. The van der Waals surface area contributed by atoms with Crippen LogP contribution in [-0.4, -0.2) is 11.3 Å². The molecule has 0 aromatic carbocycles. The maximum absolute atomic E-state index is 6.37. The summed E-state index contributed by atoms with van der Waals surface area (Å²) < 4.78 is 2.54. The van der Waals surface area contributed by atoms with Crippen LogP contribution in [0.5, 0.6) is 0 Å². The van der Waals surface area contributed by atoms with Crippen LogP contribution in [0.3, 0.4) is 0 Å². The van der Waals surface area contributed by atoms with Gasteiger partial charge >= 0.3 is 128 Å². The van der Waals surface area contributed by atoms with Crippen LogP contribution in [0.1, 0.15) is 64.2 Å². The average Bonchev–Trinajstić information content (AvgIpc) is 2.41. The van der Waals surface area contributed by atoms with Crippen LogP contribution in [-0.2, 0) is 34.9 Å². The summed E-state index contributed by atoms with van der Waals surface area (Å²) in [4.78, 5) is 0. The molecule has 0 spiro atoms. The number of hydrogen-bond acceptors (Lipinski definition) is 2. The molecule has 0 bridgehead atoms. The summed E-state index contributed by atoms with van der Waals surface area (Å²) in [5.74, 6) is 0. The van der Waals surface area contributed by atoms with Gasteiger partial charge in [-0.2, -0.15) is 0 Å². The SMILES string of the molecule is [CH3][Hg][S]P(=S)(C1CCCCC1)C1CCCCC1. The summed E-state index contributed by atoms with van der Waals surface area (Å²) in [6.07, 6.45) is 14.9. The molecule has 2 aliphatic carbocycles. The van der Waals surface area contributed by atoms with Crippen LogP contribution in [0.15, 0.2) is 0 Å². The van der Waals surface area contributed by atoms with Gasteiger partial charge < -0.3 is 0 Å². The third-order valence-electron chi connectivity index (χ3n) is 4.50. The summed E-state index contributed by atoms with van der Waals surface area (Å²) in [6.45, 7) is 0. The minimum atomic E-state index is -1.02. The van der Waals surface area contributed by atoms with Crippen molar-refractivity contribution in [3.8, 4) is 0 Å². The second-order valence-electron chi connectivity index (χ2n) is 5.65. The van der Waals surface area contributed by atoms with E-state index in [1.165, 1.54) is 64.2 Å². The molecule has 0 radical (unpaired) electrons. The molecule has 0 aromatic rings. The fraction of sp³-hybridized carbons (Fsp3) is 1.00. The van der Waals surface area contributed by atoms with Gasteiger partial charge in [0.2, 0.25) is 0 Å². The Labute approximate surface area is 127 Å². The van der Waals surface area contributed by atoms with Crippen molar-refractivity contribution in [2.45, 2.75) is 80.0 Å². The molecule has 0 atom stereocenters. The van der Waals surface area contributed by atoms with E-state index in [4.69, 9.17) is 11.8 Å². The molecule has 2 saturated carbocycles. The molecule has 0 N–H and O–H groups in total. The molecule has 0 nitrogen and oxygen atoms in total. The number of rotatable bonds is 4. The van der Waals surface area contributed by atoms with Crippen molar-refractivity contribution in [2.75, 3.05) is 0 Å². The van der Waals surface area contributed by atoms with E-state index in [1.54, 1.807) is 0 Å². The van der Waals surface area contributed by atoms with Crippen molar-refractivity contribution in [3.63, 3.8) is 0 Å². The van der Waals surface area contributed by atoms with Gasteiger partial charge in [-0.15, -0.1) is 0 Å². The van der Waals surface area contributed by atoms with E-state index in [1.807, 2.05) is 0 Å². The molecule has 17 heavy (non-hydrogen) atoms. The fourth-order valence-electron chi connectivity index (χ4n) is 3.59. The van der Waals surface area contributed by atoms with E-state index < -0.39 is 28.3 Å². The molecule has 96 valence electrons. The molecule has 0 aromatic heterocycles. The molecule has 2 fully saturated rings. The van der Waals surface area contributed by atoms with Gasteiger partial charge in [-0.25, -0.2) is 0 Å². The van der Waals surface area contributed by atoms with Gasteiger partial charge in [-0.3, -0.25) is 0 Å². The zero-order valence-corrected chi connectivity index (χ0v) is 19.2. The van der Waals surface area contributed by atoms with E-state index >= 15 is 0 Å². The molecule has 2 aliphatic rings. The van der Waals surface area contributed by atoms with E-state index in [9.17, 15) is 0 Å². The van der Waals surface area contributed by atoms with Crippen LogP contribution in [0.4, 0.5) is 0 Å². The summed E-state index contributed by atoms with van der Waals surface area (Å²) >= 11 is 5.75. The molecule has 0 amide bonds. The first-order chi connectivity index (χ1) is 8.27. The zero-order valence-electron chi connectivity index (χ0n) is 11.2. The van der Waals surface area contributed by atoms with Gasteiger partial charge in [-0.05, 0) is 0 Å². The van der Waals surface area contributed by atoms with Crippen LogP contribution in [0.25, 0.3) is 0 Å². The Morgan fingerprint density at radius 2 is 1.29 bits per heavy atom. The van der Waals surface area contributed by atoms with Crippen molar-refractivity contribution in [3.05, 3.63) is 0 Å². The van der Waals surface area contributed by atoms with Gasteiger partial charge in [0.15, 0.2) is 0 Å². The van der Waals surface area contributed by atoms with Gasteiger partial charge in [0.05, 0.1) is 0 Å². The first-order valence-electron chi connectivity index (χ1n) is 7.51. The van der Waals surface area contributed by atoms with E-state index in [-0.39, 0.29) is 0 Å². The Morgan fingerprint density at radius 1 is 0.882 bits per heavy atom. The molecule has 0 heterocycles. The molecular formula is C13H25HgPS2. The second kappa shape index (κ2) is 7.65. The summed E-state index contributed by atoms with van der Waals surface area (Å²) in [6, 6.07) is 0.